The zero-order valence-electron chi connectivity index (χ0n) is 7.83. The predicted octanol–water partition coefficient (Wildman–Crippen LogP) is 3.68. The number of para-hydroxylation sites is 1. The monoisotopic (exact) mass is 196 g/mol. The molecular weight excluding hydrogens is 184 g/mol. The topological polar surface area (TPSA) is 9.23 Å². The summed E-state index contributed by atoms with van der Waals surface area (Å²) >= 11 is 5.51. The van der Waals surface area contributed by atoms with Crippen LogP contribution in [0.5, 0.6) is 5.75 Å². The standard InChI is InChI=1S/C11H13ClO/c1-9(2)13-11-6-4-3-5-10(11)7-8-12/h3-9H,1-2H3/b8-7+. The predicted molar refractivity (Wildman–Crippen MR) is 57.1 cm³/mol. The van der Waals surface area contributed by atoms with Gasteiger partial charge in [0.15, 0.2) is 0 Å². The third kappa shape index (κ3) is 3.11. The van der Waals surface area contributed by atoms with Gasteiger partial charge in [0, 0.05) is 11.1 Å². The molecule has 1 nitrogen and oxygen atoms in total. The molecule has 0 aliphatic heterocycles. The van der Waals surface area contributed by atoms with Crippen molar-refractivity contribution in [3.8, 4) is 5.75 Å². The van der Waals surface area contributed by atoms with Gasteiger partial charge >= 0.3 is 0 Å². The molecule has 70 valence electrons. The molecule has 0 amide bonds. The highest BCUT2D eigenvalue weighted by molar-refractivity contribution is 6.27. The fourth-order valence-electron chi connectivity index (χ4n) is 1.05. The van der Waals surface area contributed by atoms with Gasteiger partial charge < -0.3 is 4.74 Å². The molecule has 0 atom stereocenters. The highest BCUT2D eigenvalue weighted by Crippen LogP contribution is 2.20. The van der Waals surface area contributed by atoms with Gasteiger partial charge in [0.05, 0.1) is 6.10 Å². The summed E-state index contributed by atoms with van der Waals surface area (Å²) in [6, 6.07) is 7.81. The van der Waals surface area contributed by atoms with Crippen molar-refractivity contribution < 1.29 is 4.74 Å². The molecule has 0 unspecified atom stereocenters. The van der Waals surface area contributed by atoms with E-state index in [0.717, 1.165) is 11.3 Å². The van der Waals surface area contributed by atoms with Crippen LogP contribution < -0.4 is 4.74 Å². The van der Waals surface area contributed by atoms with Crippen LogP contribution >= 0.6 is 11.6 Å². The molecular formula is C11H13ClO. The minimum Gasteiger partial charge on any atom is -0.490 e. The second-order valence-corrected chi connectivity index (χ2v) is 3.25. The Morgan fingerprint density at radius 2 is 2.00 bits per heavy atom. The largest absolute Gasteiger partial charge is 0.490 e. The van der Waals surface area contributed by atoms with Crippen molar-refractivity contribution in [2.24, 2.45) is 0 Å². The Morgan fingerprint density at radius 1 is 1.31 bits per heavy atom. The van der Waals surface area contributed by atoms with Crippen LogP contribution in [0, 0.1) is 0 Å². The lowest BCUT2D eigenvalue weighted by molar-refractivity contribution is 0.242. The lowest BCUT2D eigenvalue weighted by atomic mass is 10.2. The number of rotatable bonds is 3. The van der Waals surface area contributed by atoms with Crippen molar-refractivity contribution in [2.75, 3.05) is 0 Å². The third-order valence-corrected chi connectivity index (χ3v) is 1.65. The summed E-state index contributed by atoms with van der Waals surface area (Å²) in [5.41, 5.74) is 2.49. The maximum absolute atomic E-state index is 5.59. The van der Waals surface area contributed by atoms with Crippen LogP contribution in [0.15, 0.2) is 29.8 Å². The van der Waals surface area contributed by atoms with Crippen LogP contribution in [0.1, 0.15) is 19.4 Å². The Morgan fingerprint density at radius 3 is 2.62 bits per heavy atom. The van der Waals surface area contributed by atoms with E-state index >= 15 is 0 Å². The van der Waals surface area contributed by atoms with Crippen molar-refractivity contribution in [1.29, 1.82) is 0 Å². The van der Waals surface area contributed by atoms with Gasteiger partial charge in [0.1, 0.15) is 5.75 Å². The molecule has 0 aromatic heterocycles. The van der Waals surface area contributed by atoms with E-state index in [1.54, 1.807) is 0 Å². The average molecular weight is 197 g/mol. The Hall–Kier alpha value is -0.950. The van der Waals surface area contributed by atoms with Crippen molar-refractivity contribution in [2.45, 2.75) is 20.0 Å². The van der Waals surface area contributed by atoms with Crippen LogP contribution in [0.4, 0.5) is 0 Å². The lowest BCUT2D eigenvalue weighted by Gasteiger charge is -2.11. The zero-order chi connectivity index (χ0) is 9.68. The summed E-state index contributed by atoms with van der Waals surface area (Å²) < 4.78 is 5.59. The van der Waals surface area contributed by atoms with Gasteiger partial charge in [0.2, 0.25) is 0 Å². The minimum absolute atomic E-state index is 0.185. The van der Waals surface area contributed by atoms with Crippen LogP contribution in [0.25, 0.3) is 6.08 Å². The van der Waals surface area contributed by atoms with Gasteiger partial charge in [-0.25, -0.2) is 0 Å². The van der Waals surface area contributed by atoms with Crippen LogP contribution in [-0.4, -0.2) is 6.10 Å². The molecule has 0 heterocycles. The zero-order valence-corrected chi connectivity index (χ0v) is 8.58. The fourth-order valence-corrected chi connectivity index (χ4v) is 1.18. The summed E-state index contributed by atoms with van der Waals surface area (Å²) in [7, 11) is 0. The number of hydrogen-bond acceptors (Lipinski definition) is 1. The van der Waals surface area contributed by atoms with E-state index in [1.807, 2.05) is 44.2 Å². The van der Waals surface area contributed by atoms with Gasteiger partial charge in [-0.05, 0) is 26.0 Å². The first kappa shape index (κ1) is 10.1. The van der Waals surface area contributed by atoms with Crippen molar-refractivity contribution >= 4 is 17.7 Å². The molecule has 0 N–H and O–H groups in total. The van der Waals surface area contributed by atoms with E-state index in [0.29, 0.717) is 0 Å². The molecule has 0 aliphatic carbocycles. The maximum Gasteiger partial charge on any atom is 0.126 e. The Labute approximate surface area is 84.0 Å². The van der Waals surface area contributed by atoms with E-state index in [1.165, 1.54) is 5.54 Å². The highest BCUT2D eigenvalue weighted by atomic mass is 35.5. The second-order valence-electron chi connectivity index (χ2n) is 3.00. The molecule has 0 radical (unpaired) electrons. The molecule has 13 heavy (non-hydrogen) atoms. The van der Waals surface area contributed by atoms with E-state index in [-0.39, 0.29) is 6.10 Å². The number of halogens is 1. The first-order chi connectivity index (χ1) is 6.24. The lowest BCUT2D eigenvalue weighted by Crippen LogP contribution is -2.06. The van der Waals surface area contributed by atoms with Crippen LogP contribution in [0.3, 0.4) is 0 Å². The summed E-state index contributed by atoms with van der Waals surface area (Å²) in [6.07, 6.45) is 2.00. The van der Waals surface area contributed by atoms with E-state index in [4.69, 9.17) is 16.3 Å². The second kappa shape index (κ2) is 4.93. The van der Waals surface area contributed by atoms with Crippen molar-refractivity contribution in [3.63, 3.8) is 0 Å². The first-order valence-electron chi connectivity index (χ1n) is 4.26. The quantitative estimate of drug-likeness (QED) is 0.717. The van der Waals surface area contributed by atoms with Crippen LogP contribution in [0.2, 0.25) is 0 Å². The summed E-state index contributed by atoms with van der Waals surface area (Å²) in [5, 5.41) is 0. The number of hydrogen-bond donors (Lipinski definition) is 0. The smallest absolute Gasteiger partial charge is 0.126 e. The van der Waals surface area contributed by atoms with E-state index in [2.05, 4.69) is 0 Å². The number of benzene rings is 1. The molecule has 0 bridgehead atoms. The maximum atomic E-state index is 5.59. The summed E-state index contributed by atoms with van der Waals surface area (Å²) in [4.78, 5) is 0. The molecule has 0 spiro atoms. The fraction of sp³-hybridized carbons (Fsp3) is 0.273. The Bertz CT molecular complexity index is 292. The average Bonchev–Trinajstić information content (AvgIpc) is 2.08. The highest BCUT2D eigenvalue weighted by Gasteiger charge is 2.00. The van der Waals surface area contributed by atoms with Crippen LogP contribution in [-0.2, 0) is 0 Å². The van der Waals surface area contributed by atoms with Gasteiger partial charge in [0.25, 0.3) is 0 Å². The third-order valence-electron chi connectivity index (χ3n) is 1.52. The van der Waals surface area contributed by atoms with Gasteiger partial charge in [-0.15, -0.1) is 0 Å². The summed E-state index contributed by atoms with van der Waals surface area (Å²) in [6.45, 7) is 4.00. The molecule has 0 fully saturated rings. The molecule has 0 saturated heterocycles. The summed E-state index contributed by atoms with van der Waals surface area (Å²) in [5.74, 6) is 0.870. The van der Waals surface area contributed by atoms with E-state index < -0.39 is 0 Å². The molecule has 1 rings (SSSR count). The first-order valence-corrected chi connectivity index (χ1v) is 4.70. The molecule has 2 heteroatoms. The molecule has 1 aromatic carbocycles. The molecule has 0 aliphatic rings. The Kier molecular flexibility index (Phi) is 3.84. The molecule has 0 saturated carbocycles. The normalized spacial score (nSPS) is 11.1. The minimum atomic E-state index is 0.185. The van der Waals surface area contributed by atoms with E-state index in [9.17, 15) is 0 Å². The van der Waals surface area contributed by atoms with Gasteiger partial charge in [-0.3, -0.25) is 0 Å². The SMILES string of the molecule is CC(C)Oc1ccccc1/C=C/Cl. The Balaban J connectivity index is 2.90. The van der Waals surface area contributed by atoms with Gasteiger partial charge in [-0.2, -0.15) is 0 Å². The van der Waals surface area contributed by atoms with Gasteiger partial charge in [-0.1, -0.05) is 29.8 Å². The van der Waals surface area contributed by atoms with Crippen molar-refractivity contribution in [1.82, 2.24) is 0 Å². The number of ether oxygens (including phenoxy) is 1. The molecule has 1 aromatic rings. The van der Waals surface area contributed by atoms with Crippen molar-refractivity contribution in [3.05, 3.63) is 35.4 Å².